The summed E-state index contributed by atoms with van der Waals surface area (Å²) in [7, 11) is 0. The summed E-state index contributed by atoms with van der Waals surface area (Å²) >= 11 is 0. The van der Waals surface area contributed by atoms with Gasteiger partial charge in [-0.05, 0) is 37.3 Å². The minimum atomic E-state index is 0.815. The summed E-state index contributed by atoms with van der Waals surface area (Å²) in [5, 5.41) is 1.88. The summed E-state index contributed by atoms with van der Waals surface area (Å²) < 4.78 is 0. The molecule has 2 aliphatic heterocycles. The van der Waals surface area contributed by atoms with Crippen LogP contribution >= 0.6 is 0 Å². The van der Waals surface area contributed by atoms with Crippen molar-refractivity contribution in [2.45, 2.75) is 26.2 Å². The van der Waals surface area contributed by atoms with Crippen molar-refractivity contribution >= 4 is 11.4 Å². The minimum absolute atomic E-state index is 0.815. The molecular weight excluding hydrogens is 210 g/mol. The molecule has 0 radical (unpaired) electrons. The lowest BCUT2D eigenvalue weighted by molar-refractivity contribution is 0.446. The molecule has 2 aliphatic rings. The second kappa shape index (κ2) is 4.22. The quantitative estimate of drug-likeness (QED) is 0.752. The number of nitrogens with two attached hydrogens (primary N) is 1. The average molecular weight is 231 g/mol. The van der Waals surface area contributed by atoms with Crippen LogP contribution in [0.2, 0.25) is 0 Å². The van der Waals surface area contributed by atoms with Crippen molar-refractivity contribution < 1.29 is 0 Å². The van der Waals surface area contributed by atoms with Gasteiger partial charge in [0.15, 0.2) is 0 Å². The van der Waals surface area contributed by atoms with Gasteiger partial charge in [0.25, 0.3) is 0 Å². The lowest BCUT2D eigenvalue weighted by Gasteiger charge is -2.34. The number of rotatable bonds is 1. The molecule has 1 atom stereocenters. The van der Waals surface area contributed by atoms with Crippen molar-refractivity contribution in [2.75, 3.05) is 29.5 Å². The fourth-order valence-corrected chi connectivity index (χ4v) is 3.15. The number of hydrogen-bond donors (Lipinski definition) is 1. The highest BCUT2D eigenvalue weighted by atomic mass is 15.4. The molecule has 2 heterocycles. The van der Waals surface area contributed by atoms with E-state index < -0.39 is 0 Å². The van der Waals surface area contributed by atoms with E-state index >= 15 is 0 Å². The standard InChI is InChI=1S/C14H21N3/c1-11-4-3-8-16(10-11)13-5-2-6-14-12(13)7-9-17(14)15/h2,5-6,11H,3-4,7-10,15H2,1H3. The summed E-state index contributed by atoms with van der Waals surface area (Å²) in [5.41, 5.74) is 4.09. The normalized spacial score (nSPS) is 24.0. The van der Waals surface area contributed by atoms with Crippen molar-refractivity contribution in [1.82, 2.24) is 0 Å². The van der Waals surface area contributed by atoms with Gasteiger partial charge < -0.3 is 9.91 Å². The van der Waals surface area contributed by atoms with Crippen LogP contribution in [-0.2, 0) is 6.42 Å². The molecule has 0 amide bonds. The van der Waals surface area contributed by atoms with E-state index in [1.807, 2.05) is 5.01 Å². The predicted octanol–water partition coefficient (Wildman–Crippen LogP) is 2.16. The Bertz CT molecular complexity index is 416. The number of piperidine rings is 1. The van der Waals surface area contributed by atoms with Crippen LogP contribution < -0.4 is 15.8 Å². The zero-order chi connectivity index (χ0) is 11.8. The smallest absolute Gasteiger partial charge is 0.0570 e. The van der Waals surface area contributed by atoms with E-state index in [0.29, 0.717) is 0 Å². The summed E-state index contributed by atoms with van der Waals surface area (Å²) in [5.74, 6) is 6.80. The Morgan fingerprint density at radius 2 is 2.06 bits per heavy atom. The second-order valence-electron chi connectivity index (χ2n) is 5.41. The van der Waals surface area contributed by atoms with Crippen molar-refractivity contribution in [3.05, 3.63) is 23.8 Å². The molecule has 1 unspecified atom stereocenters. The molecule has 1 aromatic rings. The van der Waals surface area contributed by atoms with Crippen molar-refractivity contribution in [1.29, 1.82) is 0 Å². The van der Waals surface area contributed by atoms with Gasteiger partial charge in [0.2, 0.25) is 0 Å². The number of hydrogen-bond acceptors (Lipinski definition) is 3. The minimum Gasteiger partial charge on any atom is -0.371 e. The van der Waals surface area contributed by atoms with Crippen LogP contribution in [0, 0.1) is 5.92 Å². The highest BCUT2D eigenvalue weighted by Gasteiger charge is 2.24. The van der Waals surface area contributed by atoms with Crippen LogP contribution in [-0.4, -0.2) is 19.6 Å². The summed E-state index contributed by atoms with van der Waals surface area (Å²) in [4.78, 5) is 2.55. The maximum absolute atomic E-state index is 5.99. The maximum atomic E-state index is 5.99. The summed E-state index contributed by atoms with van der Waals surface area (Å²) in [6.45, 7) is 5.70. The van der Waals surface area contributed by atoms with E-state index in [2.05, 4.69) is 30.0 Å². The van der Waals surface area contributed by atoms with Gasteiger partial charge in [-0.15, -0.1) is 0 Å². The molecule has 92 valence electrons. The third-order valence-electron chi connectivity index (χ3n) is 4.04. The highest BCUT2D eigenvalue weighted by molar-refractivity contribution is 5.70. The molecule has 3 heteroatoms. The third-order valence-corrected chi connectivity index (χ3v) is 4.04. The molecular formula is C14H21N3. The molecule has 1 fully saturated rings. The lowest BCUT2D eigenvalue weighted by Crippen LogP contribution is -2.34. The largest absolute Gasteiger partial charge is 0.371 e. The van der Waals surface area contributed by atoms with Gasteiger partial charge in [0.05, 0.1) is 5.69 Å². The molecule has 0 bridgehead atoms. The molecule has 3 rings (SSSR count). The number of hydrazine groups is 1. The molecule has 0 saturated carbocycles. The molecule has 1 aromatic carbocycles. The number of benzene rings is 1. The van der Waals surface area contributed by atoms with E-state index in [0.717, 1.165) is 18.9 Å². The molecule has 17 heavy (non-hydrogen) atoms. The summed E-state index contributed by atoms with van der Waals surface area (Å²) in [6, 6.07) is 6.54. The van der Waals surface area contributed by atoms with Crippen LogP contribution in [0.25, 0.3) is 0 Å². The molecule has 0 spiro atoms. The Hall–Kier alpha value is -1.22. The van der Waals surface area contributed by atoms with Gasteiger partial charge in [0.1, 0.15) is 0 Å². The molecule has 0 aromatic heterocycles. The molecule has 0 aliphatic carbocycles. The summed E-state index contributed by atoms with van der Waals surface area (Å²) in [6.07, 6.45) is 3.78. The van der Waals surface area contributed by atoms with Gasteiger partial charge in [-0.2, -0.15) is 0 Å². The van der Waals surface area contributed by atoms with Crippen molar-refractivity contribution in [3.8, 4) is 0 Å². The number of anilines is 2. The van der Waals surface area contributed by atoms with Gasteiger partial charge in [-0.3, -0.25) is 0 Å². The third kappa shape index (κ3) is 1.89. The van der Waals surface area contributed by atoms with E-state index in [9.17, 15) is 0 Å². The molecule has 2 N–H and O–H groups in total. The maximum Gasteiger partial charge on any atom is 0.0570 e. The van der Waals surface area contributed by atoms with Gasteiger partial charge in [-0.25, -0.2) is 5.84 Å². The second-order valence-corrected chi connectivity index (χ2v) is 5.41. The highest BCUT2D eigenvalue weighted by Crippen LogP contribution is 2.35. The first-order valence-electron chi connectivity index (χ1n) is 6.65. The van der Waals surface area contributed by atoms with Gasteiger partial charge in [-0.1, -0.05) is 13.0 Å². The fourth-order valence-electron chi connectivity index (χ4n) is 3.15. The first-order chi connectivity index (χ1) is 8.25. The number of fused-ring (bicyclic) bond motifs is 1. The first kappa shape index (κ1) is 10.9. The molecule has 3 nitrogen and oxygen atoms in total. The topological polar surface area (TPSA) is 32.5 Å². The fraction of sp³-hybridized carbons (Fsp3) is 0.571. The predicted molar refractivity (Wildman–Crippen MR) is 72.3 cm³/mol. The lowest BCUT2D eigenvalue weighted by atomic mass is 9.98. The molecule has 1 saturated heterocycles. The Balaban J connectivity index is 1.93. The van der Waals surface area contributed by atoms with Crippen molar-refractivity contribution in [3.63, 3.8) is 0 Å². The van der Waals surface area contributed by atoms with E-state index in [4.69, 9.17) is 5.84 Å². The van der Waals surface area contributed by atoms with Crippen molar-refractivity contribution in [2.24, 2.45) is 11.8 Å². The Labute approximate surface area is 103 Å². The zero-order valence-corrected chi connectivity index (χ0v) is 10.5. The van der Waals surface area contributed by atoms with E-state index in [-0.39, 0.29) is 0 Å². The van der Waals surface area contributed by atoms with Crippen LogP contribution in [0.1, 0.15) is 25.3 Å². The van der Waals surface area contributed by atoms with E-state index in [1.54, 1.807) is 0 Å². The van der Waals surface area contributed by atoms with Gasteiger partial charge >= 0.3 is 0 Å². The van der Waals surface area contributed by atoms with Crippen LogP contribution in [0.4, 0.5) is 11.4 Å². The monoisotopic (exact) mass is 231 g/mol. The Kier molecular flexibility index (Phi) is 2.71. The van der Waals surface area contributed by atoms with Gasteiger partial charge in [0, 0.05) is 30.9 Å². The first-order valence-corrected chi connectivity index (χ1v) is 6.65. The number of nitrogens with zero attached hydrogens (tertiary/aromatic N) is 2. The Morgan fingerprint density at radius 3 is 2.88 bits per heavy atom. The zero-order valence-electron chi connectivity index (χ0n) is 10.5. The Morgan fingerprint density at radius 1 is 1.24 bits per heavy atom. The SMILES string of the molecule is CC1CCCN(c2cccc3c2CCN3N)C1. The van der Waals surface area contributed by atoms with E-state index in [1.165, 1.54) is 42.9 Å². The average Bonchev–Trinajstić information content (AvgIpc) is 2.71. The van der Waals surface area contributed by atoms with Crippen LogP contribution in [0.5, 0.6) is 0 Å². The van der Waals surface area contributed by atoms with Crippen LogP contribution in [0.15, 0.2) is 18.2 Å². The van der Waals surface area contributed by atoms with Crippen LogP contribution in [0.3, 0.4) is 0 Å².